The zero-order valence-corrected chi connectivity index (χ0v) is 11.4. The van der Waals surface area contributed by atoms with Crippen LogP contribution < -0.4 is 11.3 Å². The lowest BCUT2D eigenvalue weighted by atomic mass is 10.0. The van der Waals surface area contributed by atoms with E-state index in [0.29, 0.717) is 16.1 Å². The van der Waals surface area contributed by atoms with Gasteiger partial charge in [0.05, 0.1) is 6.04 Å². The van der Waals surface area contributed by atoms with Crippen molar-refractivity contribution in [2.24, 2.45) is 5.84 Å². The Morgan fingerprint density at radius 1 is 1.35 bits per heavy atom. The molecule has 0 amide bonds. The number of nitrogens with one attached hydrogen (secondary N) is 1. The molecule has 0 aromatic heterocycles. The molecule has 5 heteroatoms. The summed E-state index contributed by atoms with van der Waals surface area (Å²) in [5, 5.41) is 0.796. The highest BCUT2D eigenvalue weighted by molar-refractivity contribution is 8.07. The van der Waals surface area contributed by atoms with Crippen molar-refractivity contribution in [3.63, 3.8) is 0 Å². The van der Waals surface area contributed by atoms with Gasteiger partial charge in [-0.25, -0.2) is 4.39 Å². The SMILES string of the molecule is CC1SCCSC1C(NN)c1ccccc1F. The molecule has 2 nitrogen and oxygen atoms in total. The number of rotatable bonds is 3. The first-order valence-corrected chi connectivity index (χ1v) is 7.77. The second kappa shape index (κ2) is 6.09. The minimum Gasteiger partial charge on any atom is -0.271 e. The molecule has 3 N–H and O–H groups in total. The van der Waals surface area contributed by atoms with E-state index < -0.39 is 0 Å². The average Bonchev–Trinajstić information content (AvgIpc) is 2.34. The Morgan fingerprint density at radius 3 is 2.71 bits per heavy atom. The predicted octanol–water partition coefficient (Wildman–Crippen LogP) is 2.57. The quantitative estimate of drug-likeness (QED) is 0.655. The summed E-state index contributed by atoms with van der Waals surface area (Å²) in [5.74, 6) is 7.71. The second-order valence-electron chi connectivity index (χ2n) is 4.08. The Labute approximate surface area is 110 Å². The number of benzene rings is 1. The van der Waals surface area contributed by atoms with Crippen molar-refractivity contribution in [2.45, 2.75) is 23.5 Å². The molecule has 1 aliphatic heterocycles. The standard InChI is InChI=1S/C12H17FN2S2/c1-8-12(17-7-6-16-8)11(15-14)9-4-2-3-5-10(9)13/h2-5,8,11-12,15H,6-7,14H2,1H3. The van der Waals surface area contributed by atoms with E-state index in [0.717, 1.165) is 11.5 Å². The van der Waals surface area contributed by atoms with Crippen LogP contribution in [-0.4, -0.2) is 22.0 Å². The summed E-state index contributed by atoms with van der Waals surface area (Å²) >= 11 is 3.81. The van der Waals surface area contributed by atoms with Crippen LogP contribution in [0.2, 0.25) is 0 Å². The van der Waals surface area contributed by atoms with E-state index in [1.807, 2.05) is 35.7 Å². The van der Waals surface area contributed by atoms with Crippen LogP contribution in [0.15, 0.2) is 24.3 Å². The highest BCUT2D eigenvalue weighted by atomic mass is 32.2. The van der Waals surface area contributed by atoms with Gasteiger partial charge in [0.25, 0.3) is 0 Å². The number of thioether (sulfide) groups is 2. The minimum absolute atomic E-state index is 0.121. The fraction of sp³-hybridized carbons (Fsp3) is 0.500. The molecule has 17 heavy (non-hydrogen) atoms. The van der Waals surface area contributed by atoms with Crippen molar-refractivity contribution in [2.75, 3.05) is 11.5 Å². The maximum absolute atomic E-state index is 13.8. The summed E-state index contributed by atoms with van der Waals surface area (Å²) in [7, 11) is 0. The zero-order chi connectivity index (χ0) is 12.3. The van der Waals surface area contributed by atoms with Crippen LogP contribution in [0.4, 0.5) is 4.39 Å². The van der Waals surface area contributed by atoms with E-state index in [1.165, 1.54) is 6.07 Å². The van der Waals surface area contributed by atoms with Gasteiger partial charge in [-0.3, -0.25) is 11.3 Å². The molecular formula is C12H17FN2S2. The molecule has 94 valence electrons. The van der Waals surface area contributed by atoms with E-state index >= 15 is 0 Å². The van der Waals surface area contributed by atoms with Crippen molar-refractivity contribution in [3.05, 3.63) is 35.6 Å². The summed E-state index contributed by atoms with van der Waals surface area (Å²) in [6, 6.07) is 6.74. The Hall–Kier alpha value is -0.230. The van der Waals surface area contributed by atoms with Gasteiger partial charge in [-0.2, -0.15) is 23.5 Å². The van der Waals surface area contributed by atoms with E-state index in [-0.39, 0.29) is 11.9 Å². The summed E-state index contributed by atoms with van der Waals surface area (Å²) in [4.78, 5) is 0. The van der Waals surface area contributed by atoms with Crippen LogP contribution in [0.3, 0.4) is 0 Å². The van der Waals surface area contributed by atoms with E-state index in [9.17, 15) is 4.39 Å². The lowest BCUT2D eigenvalue weighted by Crippen LogP contribution is -2.41. The van der Waals surface area contributed by atoms with Gasteiger partial charge < -0.3 is 0 Å². The molecule has 0 spiro atoms. The van der Waals surface area contributed by atoms with Crippen molar-refractivity contribution in [3.8, 4) is 0 Å². The fourth-order valence-corrected chi connectivity index (χ4v) is 5.03. The molecule has 1 aliphatic rings. The van der Waals surface area contributed by atoms with E-state index in [4.69, 9.17) is 5.84 Å². The van der Waals surface area contributed by atoms with Gasteiger partial charge in [-0.1, -0.05) is 25.1 Å². The molecule has 3 unspecified atom stereocenters. The highest BCUT2D eigenvalue weighted by Gasteiger charge is 2.32. The van der Waals surface area contributed by atoms with Crippen LogP contribution >= 0.6 is 23.5 Å². The Morgan fingerprint density at radius 2 is 2.06 bits per heavy atom. The first kappa shape index (κ1) is 13.2. The predicted molar refractivity (Wildman–Crippen MR) is 74.6 cm³/mol. The van der Waals surface area contributed by atoms with Crippen LogP contribution in [0.5, 0.6) is 0 Å². The van der Waals surface area contributed by atoms with Crippen molar-refractivity contribution >= 4 is 23.5 Å². The number of hydrazine groups is 1. The lowest BCUT2D eigenvalue weighted by Gasteiger charge is -2.34. The second-order valence-corrected chi connectivity index (χ2v) is 6.85. The van der Waals surface area contributed by atoms with Gasteiger partial charge in [0, 0.05) is 27.6 Å². The topological polar surface area (TPSA) is 38.0 Å². The monoisotopic (exact) mass is 272 g/mol. The summed E-state index contributed by atoms with van der Waals surface area (Å²) < 4.78 is 13.8. The molecule has 0 radical (unpaired) electrons. The van der Waals surface area contributed by atoms with Crippen molar-refractivity contribution in [1.29, 1.82) is 0 Å². The normalized spacial score (nSPS) is 26.8. The Kier molecular flexibility index (Phi) is 4.73. The molecule has 2 rings (SSSR count). The number of hydrogen-bond donors (Lipinski definition) is 2. The van der Waals surface area contributed by atoms with Gasteiger partial charge in [0.2, 0.25) is 0 Å². The molecule has 3 atom stereocenters. The average molecular weight is 272 g/mol. The molecule has 0 saturated carbocycles. The van der Waals surface area contributed by atoms with E-state index in [2.05, 4.69) is 12.3 Å². The summed E-state index contributed by atoms with van der Waals surface area (Å²) in [6.45, 7) is 2.19. The van der Waals surface area contributed by atoms with E-state index in [1.54, 1.807) is 6.07 Å². The van der Waals surface area contributed by atoms with Gasteiger partial charge in [0.1, 0.15) is 5.82 Å². The lowest BCUT2D eigenvalue weighted by molar-refractivity contribution is 0.494. The van der Waals surface area contributed by atoms with Gasteiger partial charge in [0.15, 0.2) is 0 Å². The van der Waals surface area contributed by atoms with Gasteiger partial charge >= 0.3 is 0 Å². The minimum atomic E-state index is -0.182. The smallest absolute Gasteiger partial charge is 0.128 e. The van der Waals surface area contributed by atoms with Crippen molar-refractivity contribution < 1.29 is 4.39 Å². The first-order valence-electron chi connectivity index (χ1n) is 5.68. The number of halogens is 1. The molecule has 0 bridgehead atoms. The van der Waals surface area contributed by atoms with Gasteiger partial charge in [-0.15, -0.1) is 0 Å². The molecule has 0 aliphatic carbocycles. The fourth-order valence-electron chi connectivity index (χ4n) is 2.10. The van der Waals surface area contributed by atoms with Crippen LogP contribution in [-0.2, 0) is 0 Å². The molecular weight excluding hydrogens is 255 g/mol. The largest absolute Gasteiger partial charge is 0.271 e. The Balaban J connectivity index is 2.23. The highest BCUT2D eigenvalue weighted by Crippen LogP contribution is 2.38. The third-order valence-electron chi connectivity index (χ3n) is 2.99. The van der Waals surface area contributed by atoms with Crippen LogP contribution in [0, 0.1) is 5.82 Å². The van der Waals surface area contributed by atoms with Gasteiger partial charge in [-0.05, 0) is 6.07 Å². The molecule has 1 aromatic carbocycles. The third kappa shape index (κ3) is 2.96. The molecule has 1 aromatic rings. The third-order valence-corrected chi connectivity index (χ3v) is 6.18. The summed E-state index contributed by atoms with van der Waals surface area (Å²) in [6.07, 6.45) is 0. The van der Waals surface area contributed by atoms with Crippen molar-refractivity contribution in [1.82, 2.24) is 5.43 Å². The summed E-state index contributed by atoms with van der Waals surface area (Å²) in [5.41, 5.74) is 3.45. The van der Waals surface area contributed by atoms with Crippen LogP contribution in [0.25, 0.3) is 0 Å². The first-order chi connectivity index (χ1) is 8.24. The Bertz CT molecular complexity index is 375. The maximum atomic E-state index is 13.8. The zero-order valence-electron chi connectivity index (χ0n) is 9.73. The number of nitrogens with two attached hydrogens (primary N) is 1. The molecule has 1 saturated heterocycles. The number of hydrogen-bond acceptors (Lipinski definition) is 4. The van der Waals surface area contributed by atoms with Crippen LogP contribution in [0.1, 0.15) is 18.5 Å². The molecule has 1 heterocycles. The maximum Gasteiger partial charge on any atom is 0.128 e. The molecule has 1 fully saturated rings.